The lowest BCUT2D eigenvalue weighted by Crippen LogP contribution is -2.25. The molecule has 1 aromatic carbocycles. The van der Waals surface area contributed by atoms with Gasteiger partial charge in [0.1, 0.15) is 12.2 Å². The molecule has 0 saturated heterocycles. The minimum Gasteiger partial charge on any atom is -0.461 e. The van der Waals surface area contributed by atoms with Crippen molar-refractivity contribution in [3.05, 3.63) is 33.3 Å². The molecular weight excluding hydrogens is 315 g/mol. The van der Waals surface area contributed by atoms with Crippen LogP contribution in [0.25, 0.3) is 0 Å². The van der Waals surface area contributed by atoms with Crippen LogP contribution in [0.3, 0.4) is 0 Å². The quantitative estimate of drug-likeness (QED) is 0.783. The predicted molar refractivity (Wildman–Crippen MR) is 81.5 cm³/mol. The topological polar surface area (TPSA) is 52.6 Å². The van der Waals surface area contributed by atoms with Crippen LogP contribution in [-0.2, 0) is 32.1 Å². The summed E-state index contributed by atoms with van der Waals surface area (Å²) in [5, 5.41) is 0.755. The van der Waals surface area contributed by atoms with Crippen molar-refractivity contribution in [3.63, 3.8) is 0 Å². The second-order valence-electron chi connectivity index (χ2n) is 5.57. The monoisotopic (exact) mass is 332 g/mol. The van der Waals surface area contributed by atoms with E-state index in [-0.39, 0.29) is 13.0 Å². The van der Waals surface area contributed by atoms with Gasteiger partial charge in [0.15, 0.2) is 0 Å². The molecule has 0 fully saturated rings. The molecule has 0 aliphatic carbocycles. The molecule has 0 atom stereocenters. The zero-order chi connectivity index (χ0) is 16.2. The van der Waals surface area contributed by atoms with Crippen LogP contribution >= 0.6 is 23.2 Å². The van der Waals surface area contributed by atoms with Crippen LogP contribution < -0.4 is 0 Å². The van der Waals surface area contributed by atoms with Crippen LogP contribution in [0.15, 0.2) is 12.1 Å². The Bertz CT molecular complexity index is 547. The SMILES string of the molecule is CC(=O)OCc1cc(Cl)cc(Cl)c1CC(=O)OC(C)(C)C. The fourth-order valence-electron chi connectivity index (χ4n) is 1.68. The normalized spacial score (nSPS) is 11.1. The van der Waals surface area contributed by atoms with Crippen molar-refractivity contribution in [3.8, 4) is 0 Å². The summed E-state index contributed by atoms with van der Waals surface area (Å²) in [7, 11) is 0. The molecule has 0 heterocycles. The molecule has 1 rings (SSSR count). The van der Waals surface area contributed by atoms with Crippen molar-refractivity contribution < 1.29 is 19.1 Å². The van der Waals surface area contributed by atoms with Crippen LogP contribution in [0.2, 0.25) is 10.0 Å². The van der Waals surface area contributed by atoms with E-state index in [0.717, 1.165) is 0 Å². The molecule has 0 N–H and O–H groups in total. The molecule has 0 aliphatic rings. The van der Waals surface area contributed by atoms with Gasteiger partial charge in [0.25, 0.3) is 0 Å². The van der Waals surface area contributed by atoms with E-state index in [1.165, 1.54) is 6.92 Å². The first-order chi connectivity index (χ1) is 9.58. The molecule has 0 radical (unpaired) electrons. The highest BCUT2D eigenvalue weighted by Gasteiger charge is 2.20. The fraction of sp³-hybridized carbons (Fsp3) is 0.467. The maximum absolute atomic E-state index is 11.9. The maximum Gasteiger partial charge on any atom is 0.310 e. The summed E-state index contributed by atoms with van der Waals surface area (Å²) in [6.45, 7) is 6.67. The van der Waals surface area contributed by atoms with Crippen LogP contribution in [0, 0.1) is 0 Å². The lowest BCUT2D eigenvalue weighted by Gasteiger charge is -2.20. The van der Waals surface area contributed by atoms with Gasteiger partial charge in [0, 0.05) is 17.0 Å². The van der Waals surface area contributed by atoms with Gasteiger partial charge in [0.05, 0.1) is 6.42 Å². The Morgan fingerprint density at radius 1 is 1.19 bits per heavy atom. The number of esters is 2. The van der Waals surface area contributed by atoms with E-state index < -0.39 is 17.5 Å². The third-order valence-electron chi connectivity index (χ3n) is 2.42. The highest BCUT2D eigenvalue weighted by Crippen LogP contribution is 2.27. The van der Waals surface area contributed by atoms with Gasteiger partial charge >= 0.3 is 11.9 Å². The zero-order valence-electron chi connectivity index (χ0n) is 12.5. The average molecular weight is 333 g/mol. The second kappa shape index (κ2) is 7.14. The van der Waals surface area contributed by atoms with Gasteiger partial charge in [-0.1, -0.05) is 23.2 Å². The molecule has 0 spiro atoms. The Labute approximate surface area is 134 Å². The molecule has 0 unspecified atom stereocenters. The van der Waals surface area contributed by atoms with Crippen molar-refractivity contribution in [1.29, 1.82) is 0 Å². The minimum atomic E-state index is -0.577. The highest BCUT2D eigenvalue weighted by atomic mass is 35.5. The second-order valence-corrected chi connectivity index (χ2v) is 6.41. The summed E-state index contributed by atoms with van der Waals surface area (Å²) >= 11 is 12.1. The standard InChI is InChI=1S/C15H18Cl2O4/c1-9(18)20-8-10-5-11(16)6-13(17)12(10)7-14(19)21-15(2,3)4/h5-6H,7-8H2,1-4H3. The van der Waals surface area contributed by atoms with E-state index in [2.05, 4.69) is 0 Å². The zero-order valence-corrected chi connectivity index (χ0v) is 14.0. The number of carbonyl (C=O) groups excluding carboxylic acids is 2. The molecule has 1 aromatic rings. The molecule has 21 heavy (non-hydrogen) atoms. The van der Waals surface area contributed by atoms with Crippen molar-refractivity contribution in [1.82, 2.24) is 0 Å². The fourth-order valence-corrected chi connectivity index (χ4v) is 2.29. The Morgan fingerprint density at radius 2 is 1.81 bits per heavy atom. The minimum absolute atomic E-state index is 0.00768. The largest absolute Gasteiger partial charge is 0.461 e. The van der Waals surface area contributed by atoms with Crippen LogP contribution in [0.5, 0.6) is 0 Å². The van der Waals surface area contributed by atoms with Gasteiger partial charge in [-0.3, -0.25) is 9.59 Å². The van der Waals surface area contributed by atoms with E-state index >= 15 is 0 Å². The van der Waals surface area contributed by atoms with Crippen LogP contribution in [-0.4, -0.2) is 17.5 Å². The number of carbonyl (C=O) groups is 2. The maximum atomic E-state index is 11.9. The summed E-state index contributed by atoms with van der Waals surface area (Å²) in [6, 6.07) is 3.16. The van der Waals surface area contributed by atoms with Gasteiger partial charge in [0.2, 0.25) is 0 Å². The van der Waals surface area contributed by atoms with Crippen LogP contribution in [0.1, 0.15) is 38.8 Å². The molecule has 0 aliphatic heterocycles. The lowest BCUT2D eigenvalue weighted by atomic mass is 10.0. The average Bonchev–Trinajstić information content (AvgIpc) is 2.27. The Morgan fingerprint density at radius 3 is 2.33 bits per heavy atom. The van der Waals surface area contributed by atoms with E-state index in [9.17, 15) is 9.59 Å². The molecule has 116 valence electrons. The summed E-state index contributed by atoms with van der Waals surface area (Å²) in [4.78, 5) is 22.9. The molecule has 0 bridgehead atoms. The van der Waals surface area contributed by atoms with E-state index in [1.807, 2.05) is 0 Å². The van der Waals surface area contributed by atoms with Crippen molar-refractivity contribution >= 4 is 35.1 Å². The number of halogens is 2. The predicted octanol–water partition coefficient (Wildman–Crippen LogP) is 3.94. The Kier molecular flexibility index (Phi) is 6.05. The molecule has 0 aromatic heterocycles. The Hall–Kier alpha value is -1.26. The summed E-state index contributed by atoms with van der Waals surface area (Å²) in [5.74, 6) is -0.829. The lowest BCUT2D eigenvalue weighted by molar-refractivity contribution is -0.153. The third-order valence-corrected chi connectivity index (χ3v) is 2.98. The van der Waals surface area contributed by atoms with Crippen molar-refractivity contribution in [2.24, 2.45) is 0 Å². The van der Waals surface area contributed by atoms with Gasteiger partial charge < -0.3 is 9.47 Å². The molecule has 0 amide bonds. The first kappa shape index (κ1) is 17.8. The van der Waals surface area contributed by atoms with Gasteiger partial charge in [-0.2, -0.15) is 0 Å². The van der Waals surface area contributed by atoms with Crippen molar-refractivity contribution in [2.75, 3.05) is 0 Å². The number of hydrogen-bond acceptors (Lipinski definition) is 4. The third kappa shape index (κ3) is 6.36. The first-order valence-corrected chi connectivity index (χ1v) is 7.16. The number of hydrogen-bond donors (Lipinski definition) is 0. The first-order valence-electron chi connectivity index (χ1n) is 6.40. The Balaban J connectivity index is 2.98. The van der Waals surface area contributed by atoms with Crippen LogP contribution in [0.4, 0.5) is 0 Å². The van der Waals surface area contributed by atoms with Gasteiger partial charge in [-0.05, 0) is 44.0 Å². The molecular formula is C15H18Cl2O4. The van der Waals surface area contributed by atoms with Gasteiger partial charge in [-0.15, -0.1) is 0 Å². The molecule has 6 heteroatoms. The van der Waals surface area contributed by atoms with Gasteiger partial charge in [-0.25, -0.2) is 0 Å². The number of benzene rings is 1. The highest BCUT2D eigenvalue weighted by molar-refractivity contribution is 6.35. The molecule has 4 nitrogen and oxygen atoms in total. The number of rotatable bonds is 4. The van der Waals surface area contributed by atoms with E-state index in [4.69, 9.17) is 32.7 Å². The van der Waals surface area contributed by atoms with E-state index in [0.29, 0.717) is 21.2 Å². The smallest absolute Gasteiger partial charge is 0.310 e. The summed E-state index contributed by atoms with van der Waals surface area (Å²) < 4.78 is 10.2. The summed E-state index contributed by atoms with van der Waals surface area (Å²) in [6.07, 6.45) is -0.0100. The van der Waals surface area contributed by atoms with E-state index in [1.54, 1.807) is 32.9 Å². The van der Waals surface area contributed by atoms with Crippen molar-refractivity contribution in [2.45, 2.75) is 46.3 Å². The number of ether oxygens (including phenoxy) is 2. The molecule has 0 saturated carbocycles. The summed E-state index contributed by atoms with van der Waals surface area (Å²) in [5.41, 5.74) is 0.566.